The molecule has 2 atom stereocenters. The van der Waals surface area contributed by atoms with Gasteiger partial charge in [0.05, 0.1) is 4.88 Å². The summed E-state index contributed by atoms with van der Waals surface area (Å²) in [6, 6.07) is 6.61. The van der Waals surface area contributed by atoms with Gasteiger partial charge in [0.1, 0.15) is 26.5 Å². The van der Waals surface area contributed by atoms with Crippen LogP contribution >= 0.6 is 22.9 Å². The number of aliphatic hydroxyl groups is 1. The van der Waals surface area contributed by atoms with Crippen LogP contribution in [0.3, 0.4) is 0 Å². The largest absolute Gasteiger partial charge is 0.454 e. The molecule has 1 N–H and O–H groups in total. The fourth-order valence-electron chi connectivity index (χ4n) is 4.14. The summed E-state index contributed by atoms with van der Waals surface area (Å²) in [5.41, 5.74) is 1.41. The molecule has 11 nitrogen and oxygen atoms in total. The molecular weight excluding hydrogens is 558 g/mol. The highest BCUT2D eigenvalue weighted by atomic mass is 35.5. The summed E-state index contributed by atoms with van der Waals surface area (Å²) in [5.74, 6) is 0.715. The maximum Gasteiger partial charge on any atom is 0.272 e. The number of nitrogens with zero attached hydrogens (tertiary/aromatic N) is 3. The molecule has 4 heterocycles. The van der Waals surface area contributed by atoms with Crippen molar-refractivity contribution in [3.8, 4) is 11.5 Å². The third-order valence-corrected chi connectivity index (χ3v) is 9.49. The first-order valence-corrected chi connectivity index (χ1v) is 14.1. The predicted octanol–water partition coefficient (Wildman–Crippen LogP) is 4.53. The molecule has 1 aliphatic heterocycles. The summed E-state index contributed by atoms with van der Waals surface area (Å²) in [6.07, 6.45) is -1.25. The van der Waals surface area contributed by atoms with Gasteiger partial charge in [-0.25, -0.2) is 13.4 Å². The third-order valence-electron chi connectivity index (χ3n) is 5.94. The molecule has 0 saturated heterocycles. The Morgan fingerprint density at radius 3 is 2.66 bits per heavy atom. The molecule has 1 aromatic carbocycles. The van der Waals surface area contributed by atoms with E-state index in [-0.39, 0.29) is 39.8 Å². The molecule has 0 spiro atoms. The van der Waals surface area contributed by atoms with Crippen LogP contribution in [0.25, 0.3) is 10.2 Å². The first kappa shape index (κ1) is 26.7. The normalized spacial score (nSPS) is 14.7. The standard InChI is InChI=1S/C24H24ClN3O8S2/c1-5-33-24(32-4)28(23-18(25)13(3)27-36-23)38(30,31)21-14-7-6-8-26-22(14)37-20(21)19(29)15-10-17-16(9-12(15)2)34-11-35-17/h6-10,19,24,29H,5,11H2,1-4H3. The number of hydrogen-bond acceptors (Lipinski definition) is 11. The smallest absolute Gasteiger partial charge is 0.272 e. The molecule has 5 rings (SSSR count). The van der Waals surface area contributed by atoms with E-state index in [0.717, 1.165) is 15.6 Å². The molecule has 3 aromatic heterocycles. The highest BCUT2D eigenvalue weighted by Crippen LogP contribution is 2.46. The van der Waals surface area contributed by atoms with Gasteiger partial charge in [-0.2, -0.15) is 4.31 Å². The maximum absolute atomic E-state index is 14.5. The molecule has 0 bridgehead atoms. The number of thiophene rings is 1. The van der Waals surface area contributed by atoms with Gasteiger partial charge >= 0.3 is 0 Å². The molecule has 1 aliphatic rings. The van der Waals surface area contributed by atoms with E-state index in [2.05, 4.69) is 10.1 Å². The Kier molecular flexibility index (Phi) is 7.24. The van der Waals surface area contributed by atoms with Crippen LogP contribution < -0.4 is 13.8 Å². The Balaban J connectivity index is 1.74. The van der Waals surface area contributed by atoms with Gasteiger partial charge in [-0.15, -0.1) is 11.3 Å². The van der Waals surface area contributed by atoms with E-state index < -0.39 is 22.5 Å². The Hall–Kier alpha value is -2.94. The lowest BCUT2D eigenvalue weighted by atomic mass is 10.0. The van der Waals surface area contributed by atoms with Gasteiger partial charge in [0, 0.05) is 25.3 Å². The van der Waals surface area contributed by atoms with Crippen molar-refractivity contribution in [3.05, 3.63) is 57.2 Å². The second-order valence-corrected chi connectivity index (χ2v) is 11.5. The Morgan fingerprint density at radius 2 is 2.00 bits per heavy atom. The molecule has 202 valence electrons. The van der Waals surface area contributed by atoms with Gasteiger partial charge in [0.2, 0.25) is 6.79 Å². The molecule has 4 aromatic rings. The average Bonchev–Trinajstić information content (AvgIpc) is 3.60. The number of anilines is 1. The zero-order valence-corrected chi connectivity index (χ0v) is 23.2. The predicted molar refractivity (Wildman–Crippen MR) is 139 cm³/mol. The van der Waals surface area contributed by atoms with Crippen molar-refractivity contribution >= 4 is 49.1 Å². The molecule has 0 radical (unpaired) electrons. The number of ether oxygens (including phenoxy) is 4. The van der Waals surface area contributed by atoms with Crippen LogP contribution in [0.4, 0.5) is 5.88 Å². The molecule has 0 amide bonds. The topological polar surface area (TPSA) is 133 Å². The lowest BCUT2D eigenvalue weighted by Gasteiger charge is -2.29. The fourth-order valence-corrected chi connectivity index (χ4v) is 7.62. The van der Waals surface area contributed by atoms with Crippen molar-refractivity contribution in [1.29, 1.82) is 0 Å². The van der Waals surface area contributed by atoms with Gasteiger partial charge in [-0.1, -0.05) is 16.8 Å². The number of aliphatic hydroxyl groups excluding tert-OH is 1. The Labute approximate surface area is 227 Å². The van der Waals surface area contributed by atoms with Crippen molar-refractivity contribution in [2.75, 3.05) is 24.8 Å². The van der Waals surface area contributed by atoms with E-state index in [1.807, 2.05) is 0 Å². The lowest BCUT2D eigenvalue weighted by Crippen LogP contribution is -2.43. The first-order valence-electron chi connectivity index (χ1n) is 11.4. The van der Waals surface area contributed by atoms with E-state index >= 15 is 0 Å². The number of aryl methyl sites for hydroxylation is 2. The second-order valence-electron chi connectivity index (χ2n) is 8.30. The van der Waals surface area contributed by atoms with Crippen molar-refractivity contribution in [1.82, 2.24) is 10.1 Å². The zero-order chi connectivity index (χ0) is 27.2. The lowest BCUT2D eigenvalue weighted by molar-refractivity contribution is -0.112. The van der Waals surface area contributed by atoms with Crippen LogP contribution in [0.5, 0.6) is 11.5 Å². The number of benzene rings is 1. The highest BCUT2D eigenvalue weighted by Gasteiger charge is 2.42. The molecule has 0 saturated carbocycles. The molecule has 14 heteroatoms. The number of halogens is 1. The zero-order valence-electron chi connectivity index (χ0n) is 20.8. The van der Waals surface area contributed by atoms with Crippen LogP contribution in [0.15, 0.2) is 39.9 Å². The minimum atomic E-state index is -4.57. The van der Waals surface area contributed by atoms with E-state index in [4.69, 9.17) is 35.1 Å². The van der Waals surface area contributed by atoms with Gasteiger partial charge in [0.15, 0.2) is 11.5 Å². The van der Waals surface area contributed by atoms with Crippen molar-refractivity contribution in [2.24, 2.45) is 0 Å². The minimum absolute atomic E-state index is 0.0262. The van der Waals surface area contributed by atoms with Crippen molar-refractivity contribution in [2.45, 2.75) is 38.2 Å². The summed E-state index contributed by atoms with van der Waals surface area (Å²) in [6.45, 7) is 5.23. The number of aromatic nitrogens is 2. The van der Waals surface area contributed by atoms with E-state index in [9.17, 15) is 13.5 Å². The van der Waals surface area contributed by atoms with Gasteiger partial charge in [-0.3, -0.25) is 0 Å². The maximum atomic E-state index is 14.5. The number of hydrogen-bond donors (Lipinski definition) is 1. The molecule has 0 aliphatic carbocycles. The molecule has 0 fully saturated rings. The minimum Gasteiger partial charge on any atom is -0.454 e. The average molecular weight is 582 g/mol. The molecular formula is C24H24ClN3O8S2. The number of methoxy groups -OCH3 is 1. The second kappa shape index (κ2) is 10.3. The summed E-state index contributed by atoms with van der Waals surface area (Å²) in [4.78, 5) is 4.69. The molecule has 2 unspecified atom stereocenters. The SMILES string of the molecule is CCOC(OC)N(c1onc(C)c1Cl)S(=O)(=O)c1c(C(O)c2cc3c(cc2C)OCO3)sc2ncccc12. The summed E-state index contributed by atoms with van der Waals surface area (Å²) < 4.78 is 57.1. The van der Waals surface area contributed by atoms with Crippen LogP contribution in [0.1, 0.15) is 34.7 Å². The van der Waals surface area contributed by atoms with Crippen LogP contribution in [0.2, 0.25) is 5.02 Å². The van der Waals surface area contributed by atoms with Crippen molar-refractivity contribution < 1.29 is 37.0 Å². The Morgan fingerprint density at radius 1 is 1.26 bits per heavy atom. The van der Waals surface area contributed by atoms with Crippen molar-refractivity contribution in [3.63, 3.8) is 0 Å². The van der Waals surface area contributed by atoms with E-state index in [1.165, 1.54) is 7.11 Å². The Bertz CT molecular complexity index is 1600. The summed E-state index contributed by atoms with van der Waals surface area (Å²) in [5, 5.41) is 15.7. The number of fused-ring (bicyclic) bond motifs is 2. The van der Waals surface area contributed by atoms with Crippen LogP contribution in [-0.4, -0.2) is 50.6 Å². The summed E-state index contributed by atoms with van der Waals surface area (Å²) in [7, 11) is -3.28. The third kappa shape index (κ3) is 4.38. The van der Waals surface area contributed by atoms with E-state index in [0.29, 0.717) is 32.8 Å². The van der Waals surface area contributed by atoms with Gasteiger partial charge < -0.3 is 28.6 Å². The number of sulfonamides is 1. The fraction of sp³-hybridized carbons (Fsp3) is 0.333. The quantitative estimate of drug-likeness (QED) is 0.281. The first-order chi connectivity index (χ1) is 18.2. The number of pyridine rings is 1. The molecule has 38 heavy (non-hydrogen) atoms. The highest BCUT2D eigenvalue weighted by molar-refractivity contribution is 7.93. The number of rotatable bonds is 9. The summed E-state index contributed by atoms with van der Waals surface area (Å²) >= 11 is 7.46. The van der Waals surface area contributed by atoms with Crippen LogP contribution in [-0.2, 0) is 19.5 Å². The monoisotopic (exact) mass is 581 g/mol. The van der Waals surface area contributed by atoms with Gasteiger partial charge in [-0.05, 0) is 56.2 Å². The van der Waals surface area contributed by atoms with Crippen LogP contribution in [0, 0.1) is 13.8 Å². The van der Waals surface area contributed by atoms with E-state index in [1.54, 1.807) is 51.2 Å². The van der Waals surface area contributed by atoms with Gasteiger partial charge in [0.25, 0.3) is 22.3 Å².